The maximum atomic E-state index is 5.80. The van der Waals surface area contributed by atoms with E-state index in [1.54, 1.807) is 0 Å². The average Bonchev–Trinajstić information content (AvgIpc) is 2.43. The Balaban J connectivity index is 2.05. The van der Waals surface area contributed by atoms with E-state index in [4.69, 9.17) is 4.74 Å². The van der Waals surface area contributed by atoms with E-state index in [1.165, 1.54) is 11.1 Å². The third-order valence-electron chi connectivity index (χ3n) is 2.90. The van der Waals surface area contributed by atoms with E-state index in [1.807, 2.05) is 37.5 Å². The quantitative estimate of drug-likeness (QED) is 0.921. The monoisotopic (exact) mass is 320 g/mol. The highest BCUT2D eigenvalue weighted by Crippen LogP contribution is 2.26. The van der Waals surface area contributed by atoms with Gasteiger partial charge in [-0.05, 0) is 43.2 Å². The number of halogens is 1. The number of pyridine rings is 1. The molecule has 0 fully saturated rings. The van der Waals surface area contributed by atoms with Gasteiger partial charge in [0.2, 0.25) is 0 Å². The van der Waals surface area contributed by atoms with E-state index in [0.29, 0.717) is 6.61 Å². The first kappa shape index (κ1) is 13.9. The lowest BCUT2D eigenvalue weighted by molar-refractivity contribution is 0.305. The van der Waals surface area contributed by atoms with Crippen LogP contribution < -0.4 is 10.1 Å². The summed E-state index contributed by atoms with van der Waals surface area (Å²) in [6.45, 7) is 4.65. The zero-order valence-electron chi connectivity index (χ0n) is 11.3. The van der Waals surface area contributed by atoms with Crippen molar-refractivity contribution >= 4 is 21.7 Å². The van der Waals surface area contributed by atoms with E-state index in [-0.39, 0.29) is 0 Å². The van der Waals surface area contributed by atoms with Crippen molar-refractivity contribution in [3.63, 3.8) is 0 Å². The van der Waals surface area contributed by atoms with Crippen molar-refractivity contribution in [3.8, 4) is 5.75 Å². The predicted octanol–water partition coefficient (Wildman–Crippen LogP) is 4.08. The molecule has 0 saturated carbocycles. The molecule has 1 aromatic carbocycles. The lowest BCUT2D eigenvalue weighted by Crippen LogP contribution is -1.98. The van der Waals surface area contributed by atoms with Crippen LogP contribution in [0.5, 0.6) is 5.75 Å². The number of nitrogens with zero attached hydrogens (tertiary/aromatic N) is 1. The van der Waals surface area contributed by atoms with Crippen molar-refractivity contribution in [2.75, 3.05) is 12.4 Å². The maximum Gasteiger partial charge on any atom is 0.125 e. The van der Waals surface area contributed by atoms with Crippen molar-refractivity contribution < 1.29 is 4.74 Å². The van der Waals surface area contributed by atoms with Crippen LogP contribution in [0.2, 0.25) is 0 Å². The highest BCUT2D eigenvalue weighted by molar-refractivity contribution is 9.10. The summed E-state index contributed by atoms with van der Waals surface area (Å²) in [5.74, 6) is 1.75. The average molecular weight is 321 g/mol. The first-order valence-electron chi connectivity index (χ1n) is 6.12. The molecule has 19 heavy (non-hydrogen) atoms. The summed E-state index contributed by atoms with van der Waals surface area (Å²) < 4.78 is 6.94. The van der Waals surface area contributed by atoms with Gasteiger partial charge in [-0.3, -0.25) is 0 Å². The van der Waals surface area contributed by atoms with E-state index < -0.39 is 0 Å². The fourth-order valence-corrected chi connectivity index (χ4v) is 2.04. The second-order valence-electron chi connectivity index (χ2n) is 4.46. The van der Waals surface area contributed by atoms with E-state index in [2.05, 4.69) is 40.1 Å². The molecule has 3 nitrogen and oxygen atoms in total. The third kappa shape index (κ3) is 3.47. The normalized spacial score (nSPS) is 10.3. The van der Waals surface area contributed by atoms with Crippen LogP contribution in [0.4, 0.5) is 5.82 Å². The molecule has 2 aromatic rings. The van der Waals surface area contributed by atoms with Gasteiger partial charge in [0, 0.05) is 23.3 Å². The molecule has 0 amide bonds. The van der Waals surface area contributed by atoms with Gasteiger partial charge in [-0.25, -0.2) is 4.98 Å². The highest BCUT2D eigenvalue weighted by Gasteiger charge is 2.03. The number of hydrogen-bond acceptors (Lipinski definition) is 3. The van der Waals surface area contributed by atoms with Crippen molar-refractivity contribution in [1.29, 1.82) is 0 Å². The number of rotatable bonds is 4. The van der Waals surface area contributed by atoms with Gasteiger partial charge >= 0.3 is 0 Å². The molecule has 1 N–H and O–H groups in total. The Morgan fingerprint density at radius 2 is 1.89 bits per heavy atom. The SMILES string of the molecule is CNc1ccc(COc2cc(C)c(Br)c(C)c2)cn1. The summed E-state index contributed by atoms with van der Waals surface area (Å²) in [5, 5.41) is 2.99. The molecule has 100 valence electrons. The molecule has 0 aliphatic heterocycles. The largest absolute Gasteiger partial charge is 0.489 e. The number of ether oxygens (including phenoxy) is 1. The predicted molar refractivity (Wildman–Crippen MR) is 81.7 cm³/mol. The smallest absolute Gasteiger partial charge is 0.125 e. The minimum atomic E-state index is 0.525. The Labute approximate surface area is 122 Å². The zero-order valence-corrected chi connectivity index (χ0v) is 12.9. The Hall–Kier alpha value is -1.55. The summed E-state index contributed by atoms with van der Waals surface area (Å²) in [6.07, 6.45) is 1.82. The topological polar surface area (TPSA) is 34.1 Å². The molecule has 0 unspecified atom stereocenters. The van der Waals surface area contributed by atoms with Crippen molar-refractivity contribution in [2.24, 2.45) is 0 Å². The number of hydrogen-bond donors (Lipinski definition) is 1. The van der Waals surface area contributed by atoms with Crippen LogP contribution in [0.25, 0.3) is 0 Å². The number of benzene rings is 1. The molecule has 2 rings (SSSR count). The molecule has 1 heterocycles. The summed E-state index contributed by atoms with van der Waals surface area (Å²) in [6, 6.07) is 8.02. The molecule has 0 bridgehead atoms. The number of aromatic nitrogens is 1. The highest BCUT2D eigenvalue weighted by atomic mass is 79.9. The molecule has 1 aromatic heterocycles. The Morgan fingerprint density at radius 3 is 2.42 bits per heavy atom. The van der Waals surface area contributed by atoms with Crippen molar-refractivity contribution in [1.82, 2.24) is 4.98 Å². The Morgan fingerprint density at radius 1 is 1.21 bits per heavy atom. The fraction of sp³-hybridized carbons (Fsp3) is 0.267. The Kier molecular flexibility index (Phi) is 4.43. The van der Waals surface area contributed by atoms with Gasteiger partial charge in [0.1, 0.15) is 18.2 Å². The van der Waals surface area contributed by atoms with Crippen LogP contribution in [-0.4, -0.2) is 12.0 Å². The van der Waals surface area contributed by atoms with Gasteiger partial charge in [0.05, 0.1) is 0 Å². The molecule has 0 saturated heterocycles. The maximum absolute atomic E-state index is 5.80. The van der Waals surface area contributed by atoms with Crippen molar-refractivity contribution in [3.05, 3.63) is 51.6 Å². The summed E-state index contributed by atoms with van der Waals surface area (Å²) >= 11 is 3.55. The first-order chi connectivity index (χ1) is 9.10. The molecule has 0 aliphatic carbocycles. The van der Waals surface area contributed by atoms with E-state index >= 15 is 0 Å². The van der Waals surface area contributed by atoms with Crippen LogP contribution in [0.15, 0.2) is 34.9 Å². The second-order valence-corrected chi connectivity index (χ2v) is 5.25. The standard InChI is InChI=1S/C15H17BrN2O/c1-10-6-13(7-11(2)15(10)16)19-9-12-4-5-14(17-3)18-8-12/h4-8H,9H2,1-3H3,(H,17,18). The van der Waals surface area contributed by atoms with Gasteiger partial charge in [-0.1, -0.05) is 22.0 Å². The number of aryl methyl sites for hydroxylation is 2. The van der Waals surface area contributed by atoms with Crippen LogP contribution in [0.3, 0.4) is 0 Å². The second kappa shape index (κ2) is 6.06. The van der Waals surface area contributed by atoms with Gasteiger partial charge in [-0.2, -0.15) is 0 Å². The molecule has 0 aliphatic rings. The van der Waals surface area contributed by atoms with Gasteiger partial charge in [-0.15, -0.1) is 0 Å². The zero-order chi connectivity index (χ0) is 13.8. The third-order valence-corrected chi connectivity index (χ3v) is 4.15. The van der Waals surface area contributed by atoms with E-state index in [0.717, 1.165) is 21.6 Å². The van der Waals surface area contributed by atoms with Crippen molar-refractivity contribution in [2.45, 2.75) is 20.5 Å². The van der Waals surface area contributed by atoms with Crippen LogP contribution in [0, 0.1) is 13.8 Å². The minimum Gasteiger partial charge on any atom is -0.489 e. The summed E-state index contributed by atoms with van der Waals surface area (Å²) in [7, 11) is 1.85. The number of nitrogens with one attached hydrogen (secondary N) is 1. The van der Waals surface area contributed by atoms with Crippen LogP contribution >= 0.6 is 15.9 Å². The molecule has 0 atom stereocenters. The molecule has 0 radical (unpaired) electrons. The van der Waals surface area contributed by atoms with Crippen LogP contribution in [0.1, 0.15) is 16.7 Å². The van der Waals surface area contributed by atoms with Gasteiger partial charge in [0.15, 0.2) is 0 Å². The summed E-state index contributed by atoms with van der Waals surface area (Å²) in [4.78, 5) is 4.26. The first-order valence-corrected chi connectivity index (χ1v) is 6.91. The summed E-state index contributed by atoms with van der Waals surface area (Å²) in [5.41, 5.74) is 3.41. The molecule has 4 heteroatoms. The lowest BCUT2D eigenvalue weighted by atomic mass is 10.1. The Bertz CT molecular complexity index is 544. The number of anilines is 1. The molecule has 0 spiro atoms. The fourth-order valence-electron chi connectivity index (χ4n) is 1.81. The van der Waals surface area contributed by atoms with Crippen LogP contribution in [-0.2, 0) is 6.61 Å². The lowest BCUT2D eigenvalue weighted by Gasteiger charge is -2.10. The van der Waals surface area contributed by atoms with E-state index in [9.17, 15) is 0 Å². The molecular weight excluding hydrogens is 304 g/mol. The van der Waals surface area contributed by atoms with Gasteiger partial charge in [0.25, 0.3) is 0 Å². The molecular formula is C15H17BrN2O. The van der Waals surface area contributed by atoms with Gasteiger partial charge < -0.3 is 10.1 Å². The minimum absolute atomic E-state index is 0.525.